The number of hydrogen-bond acceptors (Lipinski definition) is 7. The van der Waals surface area contributed by atoms with Crippen LogP contribution in [0.5, 0.6) is 0 Å². The quantitative estimate of drug-likeness (QED) is 0.572. The van der Waals surface area contributed by atoms with Gasteiger partial charge in [-0.1, -0.05) is 42.1 Å². The maximum atomic E-state index is 13.3. The Labute approximate surface area is 161 Å². The Morgan fingerprint density at radius 1 is 1.30 bits per heavy atom. The highest BCUT2D eigenvalue weighted by atomic mass is 32.2. The first-order valence-electron chi connectivity index (χ1n) is 8.80. The summed E-state index contributed by atoms with van der Waals surface area (Å²) in [6, 6.07) is 9.10. The first kappa shape index (κ1) is 18.0. The molecule has 2 saturated heterocycles. The van der Waals surface area contributed by atoms with Crippen LogP contribution in [-0.2, 0) is 25.7 Å². The predicted octanol–water partition coefficient (Wildman–Crippen LogP) is 1.14. The number of hydrogen-bond donors (Lipinski definition) is 0. The molecule has 1 aromatic carbocycles. The summed E-state index contributed by atoms with van der Waals surface area (Å²) in [5.41, 5.74) is -0.357. The number of nitrogens with zero attached hydrogens (tertiary/aromatic N) is 3. The van der Waals surface area contributed by atoms with Gasteiger partial charge in [-0.25, -0.2) is 4.79 Å². The van der Waals surface area contributed by atoms with Crippen LogP contribution >= 0.6 is 11.8 Å². The average molecular weight is 387 g/mol. The zero-order chi connectivity index (χ0) is 19.3. The number of amides is 2. The number of carbonyl (C=O) groups is 3. The Bertz CT molecular complexity index is 843. The number of imide groups is 1. The van der Waals surface area contributed by atoms with Crippen LogP contribution in [0.1, 0.15) is 12.5 Å². The fraction of sp³-hybridized carbons (Fsp3) is 0.474. The van der Waals surface area contributed by atoms with E-state index < -0.39 is 23.3 Å². The molecule has 27 heavy (non-hydrogen) atoms. The molecule has 8 heteroatoms. The number of amidine groups is 1. The minimum absolute atomic E-state index is 0.214. The van der Waals surface area contributed by atoms with Gasteiger partial charge in [0.25, 0.3) is 0 Å². The van der Waals surface area contributed by atoms with E-state index in [2.05, 4.69) is 4.99 Å². The van der Waals surface area contributed by atoms with Crippen molar-refractivity contribution in [1.82, 2.24) is 9.80 Å². The van der Waals surface area contributed by atoms with Gasteiger partial charge in [0.05, 0.1) is 38.1 Å². The lowest BCUT2D eigenvalue weighted by atomic mass is 9.81. The Balaban J connectivity index is 1.74. The lowest BCUT2D eigenvalue weighted by molar-refractivity contribution is -0.157. The Morgan fingerprint density at radius 2 is 2.00 bits per heavy atom. The van der Waals surface area contributed by atoms with Crippen molar-refractivity contribution in [3.8, 4) is 0 Å². The largest absolute Gasteiger partial charge is 0.467 e. The highest BCUT2D eigenvalue weighted by Gasteiger charge is 2.71. The van der Waals surface area contributed by atoms with Gasteiger partial charge in [-0.15, -0.1) is 0 Å². The summed E-state index contributed by atoms with van der Waals surface area (Å²) in [4.78, 5) is 46.9. The fourth-order valence-corrected chi connectivity index (χ4v) is 5.41. The van der Waals surface area contributed by atoms with Crippen LogP contribution in [0.2, 0.25) is 0 Å². The Kier molecular flexibility index (Phi) is 4.25. The number of rotatable bonds is 3. The highest BCUT2D eigenvalue weighted by Crippen LogP contribution is 2.52. The SMILES string of the molecule is COC(=O)[C@@]1(C)[C@H]2C(=O)N(Cc3ccccc3)C(=O)[C@H]2[C@H]2CN=C(SC)N21. The van der Waals surface area contributed by atoms with Gasteiger partial charge in [-0.2, -0.15) is 0 Å². The van der Waals surface area contributed by atoms with E-state index in [9.17, 15) is 14.4 Å². The van der Waals surface area contributed by atoms with E-state index in [0.717, 1.165) is 5.56 Å². The number of benzene rings is 1. The second kappa shape index (κ2) is 6.37. The summed E-state index contributed by atoms with van der Waals surface area (Å²) >= 11 is 1.42. The van der Waals surface area contributed by atoms with Crippen molar-refractivity contribution in [3.63, 3.8) is 0 Å². The van der Waals surface area contributed by atoms with E-state index in [-0.39, 0.29) is 24.4 Å². The molecular weight excluding hydrogens is 366 g/mol. The molecule has 2 amide bonds. The number of carbonyl (C=O) groups excluding carboxylic acids is 3. The summed E-state index contributed by atoms with van der Waals surface area (Å²) in [5.74, 6) is -2.39. The number of fused-ring (bicyclic) bond motifs is 3. The number of aliphatic imine (C=N–C) groups is 1. The van der Waals surface area contributed by atoms with Gasteiger partial charge in [0.1, 0.15) is 5.54 Å². The molecular formula is C19H21N3O4S. The molecule has 0 bridgehead atoms. The first-order chi connectivity index (χ1) is 12.9. The molecule has 0 aromatic heterocycles. The number of methoxy groups -OCH3 is 1. The number of ether oxygens (including phenoxy) is 1. The van der Waals surface area contributed by atoms with Crippen molar-refractivity contribution in [2.24, 2.45) is 16.8 Å². The first-order valence-corrected chi connectivity index (χ1v) is 10.0. The van der Waals surface area contributed by atoms with E-state index in [4.69, 9.17) is 4.74 Å². The molecule has 3 aliphatic rings. The van der Waals surface area contributed by atoms with Crippen LogP contribution in [0.4, 0.5) is 0 Å². The molecule has 0 N–H and O–H groups in total. The van der Waals surface area contributed by atoms with E-state index in [1.165, 1.54) is 23.8 Å². The van der Waals surface area contributed by atoms with Crippen molar-refractivity contribution < 1.29 is 19.1 Å². The molecule has 0 spiro atoms. The van der Waals surface area contributed by atoms with Crippen molar-refractivity contribution in [2.75, 3.05) is 19.9 Å². The average Bonchev–Trinajstić information content (AvgIpc) is 3.29. The topological polar surface area (TPSA) is 79.3 Å². The minimum atomic E-state index is -1.24. The second-order valence-corrected chi connectivity index (χ2v) is 7.93. The number of thioether (sulfide) groups is 1. The second-order valence-electron chi connectivity index (χ2n) is 7.16. The highest BCUT2D eigenvalue weighted by molar-refractivity contribution is 8.13. The van der Waals surface area contributed by atoms with Crippen LogP contribution < -0.4 is 0 Å². The third-order valence-electron chi connectivity index (χ3n) is 5.88. The number of esters is 1. The fourth-order valence-electron chi connectivity index (χ4n) is 4.68. The van der Waals surface area contributed by atoms with Crippen molar-refractivity contribution in [2.45, 2.75) is 25.0 Å². The summed E-state index contributed by atoms with van der Waals surface area (Å²) in [6.45, 7) is 2.32. The molecule has 142 valence electrons. The predicted molar refractivity (Wildman–Crippen MR) is 101 cm³/mol. The molecule has 3 heterocycles. The summed E-state index contributed by atoms with van der Waals surface area (Å²) in [6.07, 6.45) is 1.87. The van der Waals surface area contributed by atoms with Gasteiger partial charge in [-0.3, -0.25) is 19.5 Å². The lowest BCUT2D eigenvalue weighted by Crippen LogP contribution is -2.57. The van der Waals surface area contributed by atoms with Gasteiger partial charge in [0.15, 0.2) is 5.17 Å². The van der Waals surface area contributed by atoms with Crippen molar-refractivity contribution in [1.29, 1.82) is 0 Å². The van der Waals surface area contributed by atoms with E-state index in [1.54, 1.807) is 6.92 Å². The summed E-state index contributed by atoms with van der Waals surface area (Å²) < 4.78 is 5.06. The third-order valence-corrected chi connectivity index (χ3v) is 6.57. The van der Waals surface area contributed by atoms with Crippen LogP contribution in [0, 0.1) is 11.8 Å². The van der Waals surface area contributed by atoms with E-state index in [0.29, 0.717) is 11.7 Å². The molecule has 0 radical (unpaired) electrons. The zero-order valence-corrected chi connectivity index (χ0v) is 16.2. The van der Waals surface area contributed by atoms with Gasteiger partial charge in [0, 0.05) is 0 Å². The molecule has 2 fully saturated rings. The third kappa shape index (κ3) is 2.35. The lowest BCUT2D eigenvalue weighted by Gasteiger charge is -2.37. The van der Waals surface area contributed by atoms with Gasteiger partial charge in [-0.05, 0) is 18.7 Å². The minimum Gasteiger partial charge on any atom is -0.467 e. The summed E-state index contributed by atoms with van der Waals surface area (Å²) in [5, 5.41) is 0.678. The molecule has 3 aliphatic heterocycles. The van der Waals surface area contributed by atoms with E-state index in [1.807, 2.05) is 41.5 Å². The molecule has 4 atom stereocenters. The Hall–Kier alpha value is -2.35. The van der Waals surface area contributed by atoms with Gasteiger partial charge in [0.2, 0.25) is 11.8 Å². The van der Waals surface area contributed by atoms with Crippen molar-refractivity contribution >= 4 is 34.7 Å². The molecule has 7 nitrogen and oxygen atoms in total. The molecule has 0 aliphatic carbocycles. The van der Waals surface area contributed by atoms with Gasteiger partial charge < -0.3 is 9.64 Å². The number of likely N-dealkylation sites (tertiary alicyclic amines) is 1. The van der Waals surface area contributed by atoms with Crippen LogP contribution in [-0.4, -0.2) is 64.2 Å². The van der Waals surface area contributed by atoms with Crippen LogP contribution in [0.3, 0.4) is 0 Å². The molecule has 0 saturated carbocycles. The van der Waals surface area contributed by atoms with E-state index >= 15 is 0 Å². The maximum Gasteiger partial charge on any atom is 0.332 e. The monoisotopic (exact) mass is 387 g/mol. The maximum absolute atomic E-state index is 13.3. The molecule has 4 rings (SSSR count). The van der Waals surface area contributed by atoms with Crippen LogP contribution in [0.15, 0.2) is 35.3 Å². The summed E-state index contributed by atoms with van der Waals surface area (Å²) in [7, 11) is 1.31. The standard InChI is InChI=1S/C19H21N3O4S/c1-19(17(25)26-2)14-13(12-9-20-18(27-3)22(12)19)15(23)21(16(14)24)10-11-7-5-4-6-8-11/h4-8,12-14H,9-10H2,1-3H3/t12-,13+,14-,19-/m1/s1. The normalized spacial score (nSPS) is 31.8. The van der Waals surface area contributed by atoms with Gasteiger partial charge >= 0.3 is 5.97 Å². The molecule has 1 aromatic rings. The van der Waals surface area contributed by atoms with Crippen molar-refractivity contribution in [3.05, 3.63) is 35.9 Å². The zero-order valence-electron chi connectivity index (χ0n) is 15.4. The van der Waals surface area contributed by atoms with Crippen LogP contribution in [0.25, 0.3) is 0 Å². The smallest absolute Gasteiger partial charge is 0.332 e. The molecule has 0 unspecified atom stereocenters. The Morgan fingerprint density at radius 3 is 2.63 bits per heavy atom.